The highest BCUT2D eigenvalue weighted by molar-refractivity contribution is 7.99. The van der Waals surface area contributed by atoms with Crippen molar-refractivity contribution in [3.63, 3.8) is 0 Å². The number of hydrogen-bond acceptors (Lipinski definition) is 4. The molecule has 0 atom stereocenters. The van der Waals surface area contributed by atoms with Crippen LogP contribution in [-0.2, 0) is 0 Å². The maximum absolute atomic E-state index is 12.5. The second kappa shape index (κ2) is 6.72. The van der Waals surface area contributed by atoms with Gasteiger partial charge in [0.1, 0.15) is 0 Å². The van der Waals surface area contributed by atoms with Gasteiger partial charge in [0.2, 0.25) is 0 Å². The number of nitrogens with zero attached hydrogens (tertiary/aromatic N) is 1. The predicted molar refractivity (Wildman–Crippen MR) is 99.9 cm³/mol. The molecule has 0 aliphatic rings. The topological polar surface area (TPSA) is 42.0 Å². The molecule has 23 heavy (non-hydrogen) atoms. The number of benzene rings is 2. The third kappa shape index (κ3) is 3.41. The summed E-state index contributed by atoms with van der Waals surface area (Å²) < 4.78 is 1.13. The van der Waals surface area contributed by atoms with E-state index >= 15 is 0 Å². The number of thiazole rings is 1. The first-order chi connectivity index (χ1) is 11.1. The normalized spacial score (nSPS) is 10.9. The van der Waals surface area contributed by atoms with Crippen LogP contribution in [-0.4, -0.2) is 16.6 Å². The fourth-order valence-electron chi connectivity index (χ4n) is 2.38. The number of hydrogen-bond donors (Lipinski definition) is 1. The van der Waals surface area contributed by atoms with E-state index in [0.29, 0.717) is 10.7 Å². The molecule has 0 bridgehead atoms. The summed E-state index contributed by atoms with van der Waals surface area (Å²) >= 11 is 3.26. The van der Waals surface area contributed by atoms with Gasteiger partial charge in [0.15, 0.2) is 5.13 Å². The minimum absolute atomic E-state index is 0.113. The molecular formula is C18H18N2OS2. The van der Waals surface area contributed by atoms with Crippen LogP contribution >= 0.6 is 23.1 Å². The Kier molecular flexibility index (Phi) is 4.68. The first-order valence-electron chi connectivity index (χ1n) is 7.49. The number of carbonyl (C=O) groups is 1. The molecule has 118 valence electrons. The van der Waals surface area contributed by atoms with Gasteiger partial charge in [-0.25, -0.2) is 4.98 Å². The molecule has 3 nitrogen and oxygen atoms in total. The lowest BCUT2D eigenvalue weighted by atomic mass is 10.1. The Morgan fingerprint density at radius 1 is 1.22 bits per heavy atom. The van der Waals surface area contributed by atoms with Gasteiger partial charge in [0, 0.05) is 10.5 Å². The largest absolute Gasteiger partial charge is 0.298 e. The molecule has 0 saturated carbocycles. The van der Waals surface area contributed by atoms with Gasteiger partial charge in [0.25, 0.3) is 5.91 Å². The molecule has 2 aromatic carbocycles. The SMILES string of the molecule is CCSc1cccc(C(=O)Nc2nc3c(C)ccc(C)c3s2)c1. The van der Waals surface area contributed by atoms with E-state index in [9.17, 15) is 4.79 Å². The average molecular weight is 342 g/mol. The standard InChI is InChI=1S/C18H18N2OS2/c1-4-22-14-7-5-6-13(10-14)17(21)20-18-19-15-11(2)8-9-12(3)16(15)23-18/h5-10H,4H2,1-3H3,(H,19,20,21). The highest BCUT2D eigenvalue weighted by atomic mass is 32.2. The van der Waals surface area contributed by atoms with Crippen molar-refractivity contribution >= 4 is 44.4 Å². The van der Waals surface area contributed by atoms with E-state index < -0.39 is 0 Å². The summed E-state index contributed by atoms with van der Waals surface area (Å²) in [5.41, 5.74) is 3.95. The number of amides is 1. The van der Waals surface area contributed by atoms with Crippen molar-refractivity contribution in [3.8, 4) is 0 Å². The first kappa shape index (κ1) is 16.0. The van der Waals surface area contributed by atoms with E-state index in [1.807, 2.05) is 31.2 Å². The maximum atomic E-state index is 12.5. The van der Waals surface area contributed by atoms with E-state index in [0.717, 1.165) is 26.4 Å². The number of rotatable bonds is 4. The molecule has 0 unspecified atom stereocenters. The van der Waals surface area contributed by atoms with Gasteiger partial charge in [0.05, 0.1) is 10.2 Å². The number of aromatic nitrogens is 1. The zero-order valence-electron chi connectivity index (χ0n) is 13.3. The smallest absolute Gasteiger partial charge is 0.257 e. The zero-order chi connectivity index (χ0) is 16.4. The van der Waals surface area contributed by atoms with E-state index in [1.54, 1.807) is 11.8 Å². The molecule has 0 radical (unpaired) electrons. The van der Waals surface area contributed by atoms with Crippen molar-refractivity contribution < 1.29 is 4.79 Å². The van der Waals surface area contributed by atoms with Crippen LogP contribution in [0.1, 0.15) is 28.4 Å². The predicted octanol–water partition coefficient (Wildman–Crippen LogP) is 5.28. The lowest BCUT2D eigenvalue weighted by Crippen LogP contribution is -2.11. The van der Waals surface area contributed by atoms with Crippen molar-refractivity contribution in [3.05, 3.63) is 53.1 Å². The molecule has 0 saturated heterocycles. The molecular weight excluding hydrogens is 324 g/mol. The summed E-state index contributed by atoms with van der Waals surface area (Å²) in [5.74, 6) is 0.875. The average Bonchev–Trinajstić information content (AvgIpc) is 2.97. The molecule has 0 aliphatic carbocycles. The van der Waals surface area contributed by atoms with Crippen molar-refractivity contribution in [2.75, 3.05) is 11.1 Å². The second-order valence-corrected chi connectivity index (χ2v) is 7.65. The third-order valence-electron chi connectivity index (χ3n) is 3.57. The molecule has 1 heterocycles. The van der Waals surface area contributed by atoms with E-state index in [2.05, 4.69) is 36.3 Å². The maximum Gasteiger partial charge on any atom is 0.257 e. The Morgan fingerprint density at radius 2 is 2.00 bits per heavy atom. The summed E-state index contributed by atoms with van der Waals surface area (Å²) in [6.45, 7) is 6.21. The van der Waals surface area contributed by atoms with Gasteiger partial charge in [-0.05, 0) is 48.9 Å². The Balaban J connectivity index is 1.87. The molecule has 3 rings (SSSR count). The molecule has 1 amide bonds. The van der Waals surface area contributed by atoms with Crippen LogP contribution < -0.4 is 5.32 Å². The molecule has 0 aliphatic heterocycles. The van der Waals surface area contributed by atoms with Gasteiger partial charge >= 0.3 is 0 Å². The summed E-state index contributed by atoms with van der Waals surface area (Å²) in [6, 6.07) is 11.8. The molecule has 0 spiro atoms. The Hall–Kier alpha value is -1.85. The minimum atomic E-state index is -0.113. The van der Waals surface area contributed by atoms with Crippen LogP contribution in [0.25, 0.3) is 10.2 Å². The Morgan fingerprint density at radius 3 is 2.74 bits per heavy atom. The van der Waals surface area contributed by atoms with Crippen molar-refractivity contribution in [2.24, 2.45) is 0 Å². The first-order valence-corrected chi connectivity index (χ1v) is 9.29. The monoisotopic (exact) mass is 342 g/mol. The quantitative estimate of drug-likeness (QED) is 0.656. The minimum Gasteiger partial charge on any atom is -0.298 e. The third-order valence-corrected chi connectivity index (χ3v) is 5.55. The van der Waals surface area contributed by atoms with Crippen molar-refractivity contribution in [2.45, 2.75) is 25.7 Å². The summed E-state index contributed by atoms with van der Waals surface area (Å²) in [5, 5.41) is 3.58. The number of anilines is 1. The van der Waals surface area contributed by atoms with Crippen LogP contribution in [0.15, 0.2) is 41.3 Å². The Bertz CT molecular complexity index is 832. The van der Waals surface area contributed by atoms with Crippen LogP contribution in [0, 0.1) is 13.8 Å². The molecule has 5 heteroatoms. The number of thioether (sulfide) groups is 1. The highest BCUT2D eigenvalue weighted by Gasteiger charge is 2.12. The number of carbonyl (C=O) groups excluding carboxylic acids is 1. The second-order valence-electron chi connectivity index (χ2n) is 5.31. The number of aryl methyl sites for hydroxylation is 2. The van der Waals surface area contributed by atoms with Crippen molar-refractivity contribution in [1.82, 2.24) is 4.98 Å². The zero-order valence-corrected chi connectivity index (χ0v) is 15.0. The summed E-state index contributed by atoms with van der Waals surface area (Å²) in [7, 11) is 0. The molecule has 1 N–H and O–H groups in total. The van der Waals surface area contributed by atoms with E-state index in [4.69, 9.17) is 0 Å². The molecule has 1 aromatic heterocycles. The van der Waals surface area contributed by atoms with E-state index in [-0.39, 0.29) is 5.91 Å². The molecule has 3 aromatic rings. The fourth-order valence-corrected chi connectivity index (χ4v) is 4.10. The number of nitrogens with one attached hydrogen (secondary N) is 1. The van der Waals surface area contributed by atoms with Crippen molar-refractivity contribution in [1.29, 1.82) is 0 Å². The number of fused-ring (bicyclic) bond motifs is 1. The van der Waals surface area contributed by atoms with Gasteiger partial charge in [-0.1, -0.05) is 36.5 Å². The lowest BCUT2D eigenvalue weighted by molar-refractivity contribution is 0.102. The van der Waals surface area contributed by atoms with Crippen LogP contribution in [0.5, 0.6) is 0 Å². The van der Waals surface area contributed by atoms with Crippen LogP contribution in [0.3, 0.4) is 0 Å². The van der Waals surface area contributed by atoms with Gasteiger partial charge in [-0.2, -0.15) is 0 Å². The summed E-state index contributed by atoms with van der Waals surface area (Å²) in [6.07, 6.45) is 0. The molecule has 0 fully saturated rings. The lowest BCUT2D eigenvalue weighted by Gasteiger charge is -2.04. The Labute approximate surface area is 144 Å². The van der Waals surface area contributed by atoms with Gasteiger partial charge < -0.3 is 0 Å². The fraction of sp³-hybridized carbons (Fsp3) is 0.222. The summed E-state index contributed by atoms with van der Waals surface area (Å²) in [4.78, 5) is 18.1. The van der Waals surface area contributed by atoms with Gasteiger partial charge in [-0.3, -0.25) is 10.1 Å². The van der Waals surface area contributed by atoms with E-state index in [1.165, 1.54) is 16.9 Å². The van der Waals surface area contributed by atoms with Gasteiger partial charge in [-0.15, -0.1) is 11.8 Å². The van der Waals surface area contributed by atoms with Crippen LogP contribution in [0.2, 0.25) is 0 Å². The van der Waals surface area contributed by atoms with Crippen LogP contribution in [0.4, 0.5) is 5.13 Å². The highest BCUT2D eigenvalue weighted by Crippen LogP contribution is 2.31.